The minimum absolute atomic E-state index is 0.415. The van der Waals surface area contributed by atoms with Crippen molar-refractivity contribution < 1.29 is 4.39 Å². The zero-order chi connectivity index (χ0) is 15.0. The van der Waals surface area contributed by atoms with Gasteiger partial charge in [0.05, 0.1) is 6.33 Å². The van der Waals surface area contributed by atoms with Gasteiger partial charge in [-0.1, -0.05) is 23.8 Å². The highest BCUT2D eigenvalue weighted by molar-refractivity contribution is 5.82. The second-order valence-electron chi connectivity index (χ2n) is 5.15. The Morgan fingerprint density at radius 2 is 2.05 bits per heavy atom. The summed E-state index contributed by atoms with van der Waals surface area (Å²) < 4.78 is 15.2. The molecular formula is C15H16FN5. The summed E-state index contributed by atoms with van der Waals surface area (Å²) in [6.45, 7) is 4.68. The summed E-state index contributed by atoms with van der Waals surface area (Å²) in [6.07, 6.45) is 0.843. The Hall–Kier alpha value is -2.50. The first-order valence-electron chi connectivity index (χ1n) is 6.69. The van der Waals surface area contributed by atoms with Crippen molar-refractivity contribution in [3.63, 3.8) is 0 Å². The van der Waals surface area contributed by atoms with E-state index in [-0.39, 0.29) is 0 Å². The normalized spacial score (nSPS) is 11.0. The second-order valence-corrected chi connectivity index (χ2v) is 5.15. The molecule has 0 fully saturated rings. The number of aromatic nitrogens is 4. The summed E-state index contributed by atoms with van der Waals surface area (Å²) in [5.41, 5.74) is 4.60. The zero-order valence-corrected chi connectivity index (χ0v) is 12.2. The lowest BCUT2D eigenvalue weighted by Crippen LogP contribution is -2.06. The van der Waals surface area contributed by atoms with Crippen LogP contribution in [0.1, 0.15) is 16.7 Å². The highest BCUT2D eigenvalue weighted by atomic mass is 19.1. The lowest BCUT2D eigenvalue weighted by atomic mass is 10.1. The summed E-state index contributed by atoms with van der Waals surface area (Å²) in [5.74, 6) is 0.415. The average Bonchev–Trinajstić information content (AvgIpc) is 2.79. The Bertz CT molecular complexity index is 809. The van der Waals surface area contributed by atoms with Crippen LogP contribution in [0.5, 0.6) is 0 Å². The number of imidazole rings is 1. The van der Waals surface area contributed by atoms with Crippen molar-refractivity contribution in [2.45, 2.75) is 20.4 Å². The van der Waals surface area contributed by atoms with Crippen LogP contribution < -0.4 is 5.32 Å². The summed E-state index contributed by atoms with van der Waals surface area (Å²) in [4.78, 5) is 11.8. The van der Waals surface area contributed by atoms with Crippen LogP contribution in [0, 0.1) is 19.9 Å². The third-order valence-electron chi connectivity index (χ3n) is 3.48. The number of fused-ring (bicyclic) bond motifs is 1. The topological polar surface area (TPSA) is 55.6 Å². The van der Waals surface area contributed by atoms with Gasteiger partial charge in [-0.2, -0.15) is 14.4 Å². The van der Waals surface area contributed by atoms with E-state index in [1.54, 1.807) is 17.9 Å². The number of anilines is 1. The van der Waals surface area contributed by atoms with Crippen molar-refractivity contribution in [1.29, 1.82) is 0 Å². The summed E-state index contributed by atoms with van der Waals surface area (Å²) >= 11 is 0. The number of rotatable bonds is 3. The van der Waals surface area contributed by atoms with E-state index in [0.29, 0.717) is 23.5 Å². The average molecular weight is 285 g/mol. The van der Waals surface area contributed by atoms with Gasteiger partial charge in [0.15, 0.2) is 17.0 Å². The fourth-order valence-corrected chi connectivity index (χ4v) is 2.33. The molecule has 0 aliphatic heterocycles. The van der Waals surface area contributed by atoms with Crippen molar-refractivity contribution in [2.75, 3.05) is 5.32 Å². The van der Waals surface area contributed by atoms with Crippen LogP contribution in [0.25, 0.3) is 11.2 Å². The number of halogens is 1. The molecule has 1 N–H and O–H groups in total. The monoisotopic (exact) mass is 285 g/mol. The van der Waals surface area contributed by atoms with Crippen molar-refractivity contribution in [3.05, 3.63) is 47.3 Å². The predicted molar refractivity (Wildman–Crippen MR) is 79.5 cm³/mol. The predicted octanol–water partition coefficient (Wildman–Crippen LogP) is 2.73. The van der Waals surface area contributed by atoms with Crippen molar-refractivity contribution in [3.8, 4) is 0 Å². The molecule has 21 heavy (non-hydrogen) atoms. The van der Waals surface area contributed by atoms with Crippen LogP contribution in [-0.4, -0.2) is 19.5 Å². The minimum Gasteiger partial charge on any atom is -0.364 e. The molecule has 0 radical (unpaired) electrons. The van der Waals surface area contributed by atoms with Gasteiger partial charge < -0.3 is 9.88 Å². The molecule has 3 rings (SSSR count). The molecule has 2 heterocycles. The van der Waals surface area contributed by atoms with Gasteiger partial charge in [0.25, 0.3) is 0 Å². The van der Waals surface area contributed by atoms with Crippen LogP contribution in [0.4, 0.5) is 10.2 Å². The molecule has 0 unspecified atom stereocenters. The molecule has 5 nitrogen and oxygen atoms in total. The molecule has 2 aromatic heterocycles. The number of nitrogens with zero attached hydrogens (tertiary/aromatic N) is 4. The fourth-order valence-electron chi connectivity index (χ4n) is 2.33. The molecule has 0 atom stereocenters. The number of hydrogen-bond acceptors (Lipinski definition) is 4. The molecule has 0 bridgehead atoms. The van der Waals surface area contributed by atoms with Gasteiger partial charge in [-0.25, -0.2) is 4.98 Å². The fraction of sp³-hybridized carbons (Fsp3) is 0.267. The van der Waals surface area contributed by atoms with Gasteiger partial charge >= 0.3 is 6.08 Å². The van der Waals surface area contributed by atoms with Gasteiger partial charge in [0, 0.05) is 13.6 Å². The maximum Gasteiger partial charge on any atom is 0.312 e. The lowest BCUT2D eigenvalue weighted by Gasteiger charge is -2.09. The number of benzene rings is 1. The largest absolute Gasteiger partial charge is 0.364 e. The Labute approximate surface area is 121 Å². The minimum atomic E-state index is -0.755. The van der Waals surface area contributed by atoms with E-state index in [9.17, 15) is 4.39 Å². The quantitative estimate of drug-likeness (QED) is 0.752. The van der Waals surface area contributed by atoms with Crippen molar-refractivity contribution in [1.82, 2.24) is 19.5 Å². The molecule has 1 aromatic carbocycles. The van der Waals surface area contributed by atoms with Crippen LogP contribution in [0.3, 0.4) is 0 Å². The molecule has 3 aromatic rings. The molecule has 0 aliphatic carbocycles. The first-order chi connectivity index (χ1) is 10.0. The standard InChI is InChI=1S/C15H16FN5/c1-9-4-5-11(10(2)6-9)7-17-13-12-14(20-15(16)19-13)21(3)8-18-12/h4-6,8H,7H2,1-3H3,(H,17,19,20). The number of hydrogen-bond donors (Lipinski definition) is 1. The highest BCUT2D eigenvalue weighted by Gasteiger charge is 2.11. The van der Waals surface area contributed by atoms with Gasteiger partial charge in [-0.05, 0) is 25.0 Å². The Balaban J connectivity index is 1.91. The van der Waals surface area contributed by atoms with Gasteiger partial charge in [0.1, 0.15) is 0 Å². The Kier molecular flexibility index (Phi) is 3.29. The second kappa shape index (κ2) is 5.12. The first-order valence-corrected chi connectivity index (χ1v) is 6.69. The Morgan fingerprint density at radius 1 is 1.24 bits per heavy atom. The van der Waals surface area contributed by atoms with E-state index >= 15 is 0 Å². The van der Waals surface area contributed by atoms with E-state index in [4.69, 9.17) is 0 Å². The molecule has 0 saturated carbocycles. The van der Waals surface area contributed by atoms with Gasteiger partial charge in [-0.15, -0.1) is 0 Å². The van der Waals surface area contributed by atoms with E-state index in [1.807, 2.05) is 0 Å². The molecule has 0 spiro atoms. The molecule has 0 saturated heterocycles. The highest BCUT2D eigenvalue weighted by Crippen LogP contribution is 2.19. The molecule has 0 amide bonds. The maximum atomic E-state index is 13.5. The van der Waals surface area contributed by atoms with Crippen molar-refractivity contribution in [2.24, 2.45) is 7.05 Å². The van der Waals surface area contributed by atoms with Crippen LogP contribution in [0.2, 0.25) is 0 Å². The van der Waals surface area contributed by atoms with E-state index in [2.05, 4.69) is 52.3 Å². The van der Waals surface area contributed by atoms with E-state index < -0.39 is 6.08 Å². The van der Waals surface area contributed by atoms with Crippen LogP contribution in [-0.2, 0) is 13.6 Å². The lowest BCUT2D eigenvalue weighted by molar-refractivity contribution is 0.543. The van der Waals surface area contributed by atoms with Crippen LogP contribution in [0.15, 0.2) is 24.5 Å². The molecular weight excluding hydrogens is 269 g/mol. The van der Waals surface area contributed by atoms with Crippen LogP contribution >= 0.6 is 0 Å². The zero-order valence-electron chi connectivity index (χ0n) is 12.2. The van der Waals surface area contributed by atoms with Gasteiger partial charge in [0.2, 0.25) is 0 Å². The third kappa shape index (κ3) is 2.56. The molecule has 108 valence electrons. The van der Waals surface area contributed by atoms with E-state index in [0.717, 1.165) is 5.56 Å². The third-order valence-corrected chi connectivity index (χ3v) is 3.48. The van der Waals surface area contributed by atoms with E-state index in [1.165, 1.54) is 11.1 Å². The SMILES string of the molecule is Cc1ccc(CNc2nc(F)nc3c2ncn3C)c(C)c1. The smallest absolute Gasteiger partial charge is 0.312 e. The van der Waals surface area contributed by atoms with Crippen molar-refractivity contribution >= 4 is 17.0 Å². The van der Waals surface area contributed by atoms with Gasteiger partial charge in [-0.3, -0.25) is 0 Å². The Morgan fingerprint density at radius 3 is 2.81 bits per heavy atom. The molecule has 0 aliphatic rings. The summed E-state index contributed by atoms with van der Waals surface area (Å²) in [6, 6.07) is 6.24. The molecule has 6 heteroatoms. The first kappa shape index (κ1) is 13.5. The maximum absolute atomic E-state index is 13.5. The summed E-state index contributed by atoms with van der Waals surface area (Å²) in [5, 5.41) is 3.15. The summed E-state index contributed by atoms with van der Waals surface area (Å²) in [7, 11) is 1.77. The number of nitrogens with one attached hydrogen (secondary N) is 1. The number of aryl methyl sites for hydroxylation is 3.